The molecular weight excluding hydrogens is 354 g/mol. The standard InChI is InChI=1S/C27H21NO/c1-27(2)22-16-18(28-23-12-7-9-17-8-3-4-10-19(17)23)14-15-20(22)25-21-11-5-6-13-24(21)29-26(25)27/h3-16,28H,1-2H3. The Labute approximate surface area is 169 Å². The Balaban J connectivity index is 1.49. The molecule has 4 aromatic carbocycles. The van der Waals surface area contributed by atoms with Crippen molar-refractivity contribution in [2.75, 3.05) is 5.32 Å². The zero-order valence-corrected chi connectivity index (χ0v) is 16.5. The smallest absolute Gasteiger partial charge is 0.134 e. The van der Waals surface area contributed by atoms with Crippen molar-refractivity contribution in [1.82, 2.24) is 0 Å². The van der Waals surface area contributed by atoms with Gasteiger partial charge in [0.25, 0.3) is 0 Å². The number of anilines is 2. The van der Waals surface area contributed by atoms with Crippen LogP contribution in [0.3, 0.4) is 0 Å². The molecule has 1 heterocycles. The van der Waals surface area contributed by atoms with Gasteiger partial charge in [-0.15, -0.1) is 0 Å². The van der Waals surface area contributed by atoms with Crippen molar-refractivity contribution >= 4 is 33.1 Å². The van der Waals surface area contributed by atoms with Gasteiger partial charge in [0.15, 0.2) is 0 Å². The van der Waals surface area contributed by atoms with Gasteiger partial charge in [-0.1, -0.05) is 60.7 Å². The van der Waals surface area contributed by atoms with Crippen molar-refractivity contribution in [1.29, 1.82) is 0 Å². The maximum absolute atomic E-state index is 6.30. The van der Waals surface area contributed by atoms with E-state index < -0.39 is 0 Å². The fraction of sp³-hybridized carbons (Fsp3) is 0.111. The molecule has 140 valence electrons. The second-order valence-electron chi connectivity index (χ2n) is 8.34. The van der Waals surface area contributed by atoms with Gasteiger partial charge in [-0.05, 0) is 54.6 Å². The van der Waals surface area contributed by atoms with Gasteiger partial charge in [0, 0.05) is 33.1 Å². The highest BCUT2D eigenvalue weighted by Crippen LogP contribution is 2.53. The number of nitrogens with one attached hydrogen (secondary N) is 1. The van der Waals surface area contributed by atoms with E-state index in [1.165, 1.54) is 32.8 Å². The molecule has 2 nitrogen and oxygen atoms in total. The van der Waals surface area contributed by atoms with Crippen molar-refractivity contribution in [2.45, 2.75) is 19.3 Å². The van der Waals surface area contributed by atoms with Crippen molar-refractivity contribution < 1.29 is 4.42 Å². The molecule has 0 aliphatic heterocycles. The van der Waals surface area contributed by atoms with E-state index in [0.29, 0.717) is 0 Å². The molecular formula is C27H21NO. The van der Waals surface area contributed by atoms with Crippen LogP contribution in [0.1, 0.15) is 25.2 Å². The van der Waals surface area contributed by atoms with Crippen LogP contribution in [0.5, 0.6) is 0 Å². The fourth-order valence-corrected chi connectivity index (χ4v) is 4.72. The molecule has 0 amide bonds. The van der Waals surface area contributed by atoms with E-state index >= 15 is 0 Å². The molecule has 5 aromatic rings. The van der Waals surface area contributed by atoms with Crippen LogP contribution in [0.15, 0.2) is 89.3 Å². The van der Waals surface area contributed by atoms with Crippen LogP contribution in [-0.4, -0.2) is 0 Å². The van der Waals surface area contributed by atoms with Gasteiger partial charge in [0.05, 0.1) is 0 Å². The minimum Gasteiger partial charge on any atom is -0.459 e. The van der Waals surface area contributed by atoms with Crippen LogP contribution in [0, 0.1) is 0 Å². The normalized spacial score (nSPS) is 14.1. The van der Waals surface area contributed by atoms with Crippen LogP contribution in [0.4, 0.5) is 11.4 Å². The summed E-state index contributed by atoms with van der Waals surface area (Å²) < 4.78 is 6.30. The Bertz CT molecular complexity index is 1400. The monoisotopic (exact) mass is 375 g/mol. The predicted molar refractivity (Wildman–Crippen MR) is 121 cm³/mol. The SMILES string of the molecule is CC1(C)c2cc(Nc3cccc4ccccc34)ccc2-c2c1oc1ccccc21. The molecule has 0 atom stereocenters. The predicted octanol–water partition coefficient (Wildman–Crippen LogP) is 7.64. The summed E-state index contributed by atoms with van der Waals surface area (Å²) in [4.78, 5) is 0. The van der Waals surface area contributed by atoms with Gasteiger partial charge in [-0.2, -0.15) is 0 Å². The van der Waals surface area contributed by atoms with Crippen molar-refractivity contribution in [2.24, 2.45) is 0 Å². The zero-order chi connectivity index (χ0) is 19.6. The summed E-state index contributed by atoms with van der Waals surface area (Å²) in [5.74, 6) is 1.07. The Kier molecular flexibility index (Phi) is 3.25. The number of rotatable bonds is 2. The molecule has 0 fully saturated rings. The number of benzene rings is 4. The highest BCUT2D eigenvalue weighted by Gasteiger charge is 2.40. The average molecular weight is 375 g/mol. The number of hydrogen-bond acceptors (Lipinski definition) is 2. The number of fused-ring (bicyclic) bond motifs is 6. The third kappa shape index (κ3) is 2.29. The Morgan fingerprint density at radius 3 is 2.41 bits per heavy atom. The largest absolute Gasteiger partial charge is 0.459 e. The lowest BCUT2D eigenvalue weighted by molar-refractivity contribution is 0.465. The highest BCUT2D eigenvalue weighted by molar-refractivity contribution is 6.01. The second-order valence-corrected chi connectivity index (χ2v) is 8.34. The third-order valence-electron chi connectivity index (χ3n) is 6.19. The summed E-state index contributed by atoms with van der Waals surface area (Å²) in [6.45, 7) is 4.50. The molecule has 0 bridgehead atoms. The van der Waals surface area contributed by atoms with Crippen molar-refractivity contribution in [3.05, 3.63) is 96.3 Å². The van der Waals surface area contributed by atoms with Crippen LogP contribution >= 0.6 is 0 Å². The molecule has 0 saturated heterocycles. The maximum atomic E-state index is 6.30. The zero-order valence-electron chi connectivity index (χ0n) is 16.5. The lowest BCUT2D eigenvalue weighted by atomic mass is 9.86. The van der Waals surface area contributed by atoms with Gasteiger partial charge in [0.1, 0.15) is 11.3 Å². The first-order chi connectivity index (χ1) is 14.1. The lowest BCUT2D eigenvalue weighted by Crippen LogP contribution is -2.14. The third-order valence-corrected chi connectivity index (χ3v) is 6.19. The highest BCUT2D eigenvalue weighted by atomic mass is 16.3. The first kappa shape index (κ1) is 16.4. The molecule has 0 saturated carbocycles. The summed E-state index contributed by atoms with van der Waals surface area (Å²) in [5, 5.41) is 7.31. The summed E-state index contributed by atoms with van der Waals surface area (Å²) in [5.41, 5.74) is 6.86. The molecule has 2 heteroatoms. The van der Waals surface area contributed by atoms with Crippen LogP contribution in [0.2, 0.25) is 0 Å². The fourth-order valence-electron chi connectivity index (χ4n) is 4.72. The number of para-hydroxylation sites is 1. The summed E-state index contributed by atoms with van der Waals surface area (Å²) >= 11 is 0. The summed E-state index contributed by atoms with van der Waals surface area (Å²) in [7, 11) is 0. The minimum atomic E-state index is -0.167. The molecule has 0 unspecified atom stereocenters. The first-order valence-electron chi connectivity index (χ1n) is 10.0. The molecule has 0 spiro atoms. The summed E-state index contributed by atoms with van der Waals surface area (Å²) in [6.07, 6.45) is 0. The molecule has 0 radical (unpaired) electrons. The van der Waals surface area contributed by atoms with E-state index in [4.69, 9.17) is 4.42 Å². The van der Waals surface area contributed by atoms with Gasteiger partial charge in [0.2, 0.25) is 0 Å². The number of hydrogen-bond donors (Lipinski definition) is 1. The topological polar surface area (TPSA) is 25.2 Å². The Hall–Kier alpha value is -3.52. The molecule has 1 aliphatic rings. The van der Waals surface area contributed by atoms with E-state index in [-0.39, 0.29) is 5.41 Å². The molecule has 6 rings (SSSR count). The van der Waals surface area contributed by atoms with Gasteiger partial charge in [-0.3, -0.25) is 0 Å². The Morgan fingerprint density at radius 2 is 1.52 bits per heavy atom. The maximum Gasteiger partial charge on any atom is 0.134 e. The summed E-state index contributed by atoms with van der Waals surface area (Å²) in [6, 6.07) is 29.9. The van der Waals surface area contributed by atoms with E-state index in [2.05, 4.69) is 98.0 Å². The lowest BCUT2D eigenvalue weighted by Gasteiger charge is -2.20. The van der Waals surface area contributed by atoms with Gasteiger partial charge in [-0.25, -0.2) is 0 Å². The van der Waals surface area contributed by atoms with E-state index in [1.807, 2.05) is 6.07 Å². The minimum absolute atomic E-state index is 0.167. The van der Waals surface area contributed by atoms with E-state index in [9.17, 15) is 0 Å². The van der Waals surface area contributed by atoms with E-state index in [1.54, 1.807) is 0 Å². The molecule has 1 aliphatic carbocycles. The van der Waals surface area contributed by atoms with Crippen molar-refractivity contribution in [3.63, 3.8) is 0 Å². The molecule has 1 N–H and O–H groups in total. The second kappa shape index (κ2) is 5.74. The first-order valence-corrected chi connectivity index (χ1v) is 10.0. The number of furan rings is 1. The van der Waals surface area contributed by atoms with Gasteiger partial charge < -0.3 is 9.73 Å². The van der Waals surface area contributed by atoms with Crippen LogP contribution in [0.25, 0.3) is 32.9 Å². The van der Waals surface area contributed by atoms with Crippen LogP contribution in [-0.2, 0) is 5.41 Å². The molecule has 1 aromatic heterocycles. The average Bonchev–Trinajstić information content (AvgIpc) is 3.23. The molecule has 29 heavy (non-hydrogen) atoms. The van der Waals surface area contributed by atoms with E-state index in [0.717, 1.165) is 22.7 Å². The van der Waals surface area contributed by atoms with Crippen molar-refractivity contribution in [3.8, 4) is 11.1 Å². The van der Waals surface area contributed by atoms with Crippen LogP contribution < -0.4 is 5.32 Å². The Morgan fingerprint density at radius 1 is 0.759 bits per heavy atom. The van der Waals surface area contributed by atoms with Gasteiger partial charge >= 0.3 is 0 Å². The quantitative estimate of drug-likeness (QED) is 0.343.